The van der Waals surface area contributed by atoms with Gasteiger partial charge in [0.15, 0.2) is 0 Å². The monoisotopic (exact) mass is 900 g/mol. The van der Waals surface area contributed by atoms with Crippen LogP contribution >= 0.6 is 0 Å². The van der Waals surface area contributed by atoms with Gasteiger partial charge in [0.1, 0.15) is 0 Å². The lowest BCUT2D eigenvalue weighted by Gasteiger charge is -2.47. The highest BCUT2D eigenvalue weighted by atomic mass is 15.2. The minimum Gasteiger partial charge on any atom is -0.337 e. The molecule has 0 fully saturated rings. The fraction of sp³-hybridized carbons (Fsp3) is 0.212. The number of para-hydroxylation sites is 2. The van der Waals surface area contributed by atoms with Crippen LogP contribution in [0.15, 0.2) is 133 Å². The van der Waals surface area contributed by atoms with E-state index in [1.165, 1.54) is 166 Å². The third-order valence-corrected chi connectivity index (χ3v) is 16.8. The summed E-state index contributed by atoms with van der Waals surface area (Å²) < 4.78 is 0. The van der Waals surface area contributed by atoms with Gasteiger partial charge in [-0.3, -0.25) is 0 Å². The lowest BCUT2D eigenvalue weighted by Crippen LogP contribution is -2.62. The molecule has 4 heteroatoms. The van der Waals surface area contributed by atoms with Crippen LogP contribution in [-0.2, 0) is 0 Å². The Morgan fingerprint density at radius 1 is 0.329 bits per heavy atom. The van der Waals surface area contributed by atoms with Gasteiger partial charge in [-0.15, -0.1) is 0 Å². The number of nitrogens with zero attached hydrogens (tertiary/aromatic N) is 2. The van der Waals surface area contributed by atoms with Crippen LogP contribution in [0.2, 0.25) is 0 Å². The molecule has 70 heavy (non-hydrogen) atoms. The molecule has 0 spiro atoms. The summed E-state index contributed by atoms with van der Waals surface area (Å²) in [7, 11) is 0. The quantitative estimate of drug-likeness (QED) is 0.126. The van der Waals surface area contributed by atoms with E-state index in [2.05, 4.69) is 226 Å². The van der Waals surface area contributed by atoms with Crippen LogP contribution in [0.3, 0.4) is 0 Å². The van der Waals surface area contributed by atoms with Crippen LogP contribution in [-0.4, -0.2) is 24.5 Å². The predicted molar refractivity (Wildman–Crippen MR) is 306 cm³/mol. The highest BCUT2D eigenvalue weighted by molar-refractivity contribution is 7.02. The maximum Gasteiger partial charge on any atom is 0.248 e. The molecule has 338 valence electrons. The molecule has 0 bridgehead atoms. The van der Waals surface area contributed by atoms with Crippen molar-refractivity contribution in [3.63, 3.8) is 0 Å². The van der Waals surface area contributed by atoms with Crippen LogP contribution in [0, 0.1) is 41.5 Å². The fourth-order valence-corrected chi connectivity index (χ4v) is 14.9. The molecule has 0 N–H and O–H groups in total. The summed E-state index contributed by atoms with van der Waals surface area (Å²) in [5, 5.41) is 8.38. The molecule has 0 amide bonds. The van der Waals surface area contributed by atoms with E-state index in [4.69, 9.17) is 0 Å². The van der Waals surface area contributed by atoms with Crippen molar-refractivity contribution >= 4 is 101 Å². The Bertz CT molecular complexity index is 3700. The van der Waals surface area contributed by atoms with E-state index in [-0.39, 0.29) is 24.5 Å². The molecular weight excluding hydrogens is 842 g/mol. The molecule has 14 rings (SSSR count). The Kier molecular flexibility index (Phi) is 8.29. The van der Waals surface area contributed by atoms with Crippen molar-refractivity contribution in [2.45, 2.75) is 94.2 Å². The van der Waals surface area contributed by atoms with Gasteiger partial charge >= 0.3 is 0 Å². The lowest BCUT2D eigenvalue weighted by atomic mass is 9.31. The predicted octanol–water partition coefficient (Wildman–Crippen LogP) is 13.3. The van der Waals surface area contributed by atoms with E-state index in [9.17, 15) is 0 Å². The van der Waals surface area contributed by atoms with Crippen molar-refractivity contribution in [2.24, 2.45) is 0 Å². The SMILES string of the molecule is Cc1cc(C)c(-c2cc3c4c(cc5c(-c6c(C)cc(C)cc6C)cc6c7c(cc2c4c57)B2c4ccccc4N(C(C)(C)C)c4cccc-6c42)B2c4ccccc4N(C(C)(C)C)c4cccc-3c42)c(C)c1. The first-order chi connectivity index (χ1) is 33.5. The van der Waals surface area contributed by atoms with Crippen LogP contribution in [0.1, 0.15) is 74.9 Å². The first-order valence-electron chi connectivity index (χ1n) is 25.6. The zero-order valence-electron chi connectivity index (χ0n) is 42.8. The average Bonchev–Trinajstić information content (AvgIpc) is 3.30. The van der Waals surface area contributed by atoms with Gasteiger partial charge in [-0.25, -0.2) is 0 Å². The van der Waals surface area contributed by atoms with Gasteiger partial charge in [0, 0.05) is 33.8 Å². The van der Waals surface area contributed by atoms with Crippen molar-refractivity contribution in [3.05, 3.63) is 167 Å². The van der Waals surface area contributed by atoms with E-state index < -0.39 is 0 Å². The summed E-state index contributed by atoms with van der Waals surface area (Å²) in [5.41, 5.74) is 32.2. The molecule has 0 radical (unpaired) electrons. The Balaban J connectivity index is 1.26. The largest absolute Gasteiger partial charge is 0.337 e. The van der Waals surface area contributed by atoms with Crippen molar-refractivity contribution in [1.29, 1.82) is 0 Å². The third-order valence-electron chi connectivity index (χ3n) is 16.8. The van der Waals surface area contributed by atoms with Gasteiger partial charge in [-0.1, -0.05) is 119 Å². The summed E-state index contributed by atoms with van der Waals surface area (Å²) in [6, 6.07) is 53.2. The summed E-state index contributed by atoms with van der Waals surface area (Å²) >= 11 is 0. The minimum absolute atomic E-state index is 0.0609. The Labute approximate surface area is 414 Å². The van der Waals surface area contributed by atoms with Gasteiger partial charge in [0.2, 0.25) is 13.4 Å². The van der Waals surface area contributed by atoms with Crippen LogP contribution in [0.25, 0.3) is 76.8 Å². The van der Waals surface area contributed by atoms with Crippen LogP contribution in [0.5, 0.6) is 0 Å². The number of rotatable bonds is 2. The second-order valence-electron chi connectivity index (χ2n) is 23.5. The fourth-order valence-electron chi connectivity index (χ4n) is 14.9. The normalized spacial score (nSPS) is 14.2. The molecule has 10 aromatic carbocycles. The topological polar surface area (TPSA) is 6.48 Å². The van der Waals surface area contributed by atoms with Gasteiger partial charge in [-0.2, -0.15) is 0 Å². The zero-order chi connectivity index (χ0) is 48.2. The molecule has 0 aromatic heterocycles. The first kappa shape index (κ1) is 41.9. The molecule has 4 aliphatic heterocycles. The van der Waals surface area contributed by atoms with E-state index >= 15 is 0 Å². The summed E-state index contributed by atoms with van der Waals surface area (Å²) in [4.78, 5) is 5.25. The third kappa shape index (κ3) is 5.32. The highest BCUT2D eigenvalue weighted by Crippen LogP contribution is 2.53. The van der Waals surface area contributed by atoms with Crippen molar-refractivity contribution in [2.75, 3.05) is 9.80 Å². The van der Waals surface area contributed by atoms with Crippen molar-refractivity contribution in [1.82, 2.24) is 0 Å². The average molecular weight is 901 g/mol. The standard InChI is InChI=1S/C66H58B2N2/c1-35-27-37(3)57(38(4)28-35)45-31-43-41-19-17-25-55-63(41)68(50-22-14-16-24-54(50)69(55)65(7,8)9)52-34-48-46(58-39(5)29-36(2)30-40(58)6)32-44-42-20-18-26-56-64(42)67(49-21-13-15-23-53(49)70(56)66(10,11)12)51-33-47(45)61(59(43)52)62(48)60(44)51/h13-34H,1-12H3. The first-order valence-corrected chi connectivity index (χ1v) is 25.6. The number of anilines is 4. The molecule has 0 unspecified atom stereocenters. The molecule has 10 aromatic rings. The van der Waals surface area contributed by atoms with E-state index in [1.54, 1.807) is 0 Å². The summed E-state index contributed by atoms with van der Waals surface area (Å²) in [5.74, 6) is 0. The molecule has 2 nitrogen and oxygen atoms in total. The summed E-state index contributed by atoms with van der Waals surface area (Å²) in [6.45, 7) is 28.2. The van der Waals surface area contributed by atoms with E-state index in [0.29, 0.717) is 0 Å². The second kappa shape index (κ2) is 13.8. The number of fused-ring (bicyclic) bond motifs is 8. The Morgan fingerprint density at radius 3 is 1.06 bits per heavy atom. The second-order valence-corrected chi connectivity index (χ2v) is 23.5. The smallest absolute Gasteiger partial charge is 0.248 e. The Hall–Kier alpha value is -7.03. The maximum atomic E-state index is 2.69. The zero-order valence-corrected chi connectivity index (χ0v) is 42.8. The van der Waals surface area contributed by atoms with Gasteiger partial charge in [0.25, 0.3) is 0 Å². The minimum atomic E-state index is -0.146. The number of hydrogen-bond donors (Lipinski definition) is 0. The van der Waals surface area contributed by atoms with Gasteiger partial charge in [0.05, 0.1) is 0 Å². The number of hydrogen-bond acceptors (Lipinski definition) is 2. The summed E-state index contributed by atoms with van der Waals surface area (Å²) in [6.07, 6.45) is 0. The number of benzene rings is 10. The number of aryl methyl sites for hydroxylation is 6. The van der Waals surface area contributed by atoms with Crippen molar-refractivity contribution < 1.29 is 0 Å². The van der Waals surface area contributed by atoms with E-state index in [0.717, 1.165) is 0 Å². The maximum absolute atomic E-state index is 2.69. The van der Waals surface area contributed by atoms with Crippen LogP contribution < -0.4 is 42.6 Å². The molecule has 4 heterocycles. The molecule has 0 aliphatic carbocycles. The highest BCUT2D eigenvalue weighted by Gasteiger charge is 2.47. The van der Waals surface area contributed by atoms with Crippen LogP contribution in [0.4, 0.5) is 22.7 Å². The van der Waals surface area contributed by atoms with Gasteiger partial charge in [-0.05, 0) is 240 Å². The van der Waals surface area contributed by atoms with Gasteiger partial charge < -0.3 is 9.80 Å². The molecule has 0 saturated heterocycles. The lowest BCUT2D eigenvalue weighted by molar-refractivity contribution is 0.561. The molecule has 0 atom stereocenters. The molecule has 0 saturated carbocycles. The van der Waals surface area contributed by atoms with Crippen molar-refractivity contribution in [3.8, 4) is 44.5 Å². The molecular formula is C66H58B2N2. The van der Waals surface area contributed by atoms with E-state index in [1.807, 2.05) is 0 Å². The molecule has 4 aliphatic rings. The Morgan fingerprint density at radius 2 is 0.686 bits per heavy atom.